The van der Waals surface area contributed by atoms with Crippen LogP contribution in [0.25, 0.3) is 0 Å². The molecule has 5 nitrogen and oxygen atoms in total. The molecule has 1 aromatic carbocycles. The topological polar surface area (TPSA) is 56.3 Å². The lowest BCUT2D eigenvalue weighted by atomic mass is 10.2. The summed E-state index contributed by atoms with van der Waals surface area (Å²) in [6.07, 6.45) is 3.41. The van der Waals surface area contributed by atoms with Crippen LogP contribution in [0.4, 0.5) is 0 Å². The van der Waals surface area contributed by atoms with Crippen molar-refractivity contribution in [2.45, 2.75) is 13.2 Å². The zero-order chi connectivity index (χ0) is 13.5. The quantitative estimate of drug-likeness (QED) is 0.857. The van der Waals surface area contributed by atoms with E-state index in [-0.39, 0.29) is 0 Å². The highest BCUT2D eigenvalue weighted by molar-refractivity contribution is 5.40. The highest BCUT2D eigenvalue weighted by atomic mass is 16.5. The average Bonchev–Trinajstić information content (AvgIpc) is 2.47. The van der Waals surface area contributed by atoms with Crippen LogP contribution in [0.1, 0.15) is 11.4 Å². The van der Waals surface area contributed by atoms with Crippen LogP contribution in [0.15, 0.2) is 36.7 Å². The number of hydrogen-bond acceptors (Lipinski definition) is 5. The average molecular weight is 259 g/mol. The molecule has 5 heteroatoms. The van der Waals surface area contributed by atoms with Crippen molar-refractivity contribution in [2.75, 3.05) is 14.2 Å². The third-order valence-electron chi connectivity index (χ3n) is 2.61. The number of nitrogens with zero attached hydrogens (tertiary/aromatic N) is 2. The number of nitrogens with one attached hydrogen (secondary N) is 1. The Kier molecular flexibility index (Phi) is 4.69. The molecular formula is C14H17N3O2. The number of aromatic nitrogens is 2. The molecule has 0 radical (unpaired) electrons. The molecule has 0 aliphatic heterocycles. The molecule has 0 bridgehead atoms. The van der Waals surface area contributed by atoms with Crippen LogP contribution >= 0.6 is 0 Å². The minimum Gasteiger partial charge on any atom is -0.497 e. The molecule has 0 saturated heterocycles. The van der Waals surface area contributed by atoms with Crippen LogP contribution in [-0.2, 0) is 13.2 Å². The van der Waals surface area contributed by atoms with Gasteiger partial charge in [-0.1, -0.05) is 0 Å². The fourth-order valence-corrected chi connectivity index (χ4v) is 1.70. The predicted molar refractivity (Wildman–Crippen MR) is 72.1 cm³/mol. The molecule has 1 N–H and O–H groups in total. The Bertz CT molecular complexity index is 517. The van der Waals surface area contributed by atoms with Gasteiger partial charge in [0.1, 0.15) is 18.1 Å². The minimum atomic E-state index is 0.351. The van der Waals surface area contributed by atoms with Gasteiger partial charge in [0.2, 0.25) is 0 Å². The molecule has 0 fully saturated rings. The predicted octanol–water partition coefficient (Wildman–Crippen LogP) is 1.78. The van der Waals surface area contributed by atoms with Crippen molar-refractivity contribution >= 4 is 0 Å². The lowest BCUT2D eigenvalue weighted by Gasteiger charge is -2.12. The van der Waals surface area contributed by atoms with Crippen molar-refractivity contribution in [1.82, 2.24) is 15.3 Å². The summed E-state index contributed by atoms with van der Waals surface area (Å²) < 4.78 is 11.0. The van der Waals surface area contributed by atoms with Gasteiger partial charge < -0.3 is 14.8 Å². The summed E-state index contributed by atoms with van der Waals surface area (Å²) >= 11 is 0. The summed E-state index contributed by atoms with van der Waals surface area (Å²) in [5.74, 6) is 2.28. The number of hydrogen-bond donors (Lipinski definition) is 1. The second-order valence-electron chi connectivity index (χ2n) is 3.96. The fraction of sp³-hybridized carbons (Fsp3) is 0.286. The van der Waals surface area contributed by atoms with E-state index in [9.17, 15) is 0 Å². The summed E-state index contributed by atoms with van der Waals surface area (Å²) in [6, 6.07) is 7.51. The van der Waals surface area contributed by atoms with E-state index in [4.69, 9.17) is 9.47 Å². The standard InChI is InChI=1S/C14H17N3O2/c1-15-9-11-8-12(18-2)4-5-13(11)19-10-14-16-6-3-7-17-14/h3-8,15H,9-10H2,1-2H3. The number of methoxy groups -OCH3 is 1. The van der Waals surface area contributed by atoms with Crippen molar-refractivity contribution in [1.29, 1.82) is 0 Å². The summed E-state index contributed by atoms with van der Waals surface area (Å²) in [4.78, 5) is 8.25. The fourth-order valence-electron chi connectivity index (χ4n) is 1.70. The van der Waals surface area contributed by atoms with Gasteiger partial charge in [-0.2, -0.15) is 0 Å². The van der Waals surface area contributed by atoms with E-state index in [0.717, 1.165) is 17.1 Å². The van der Waals surface area contributed by atoms with Crippen LogP contribution < -0.4 is 14.8 Å². The van der Waals surface area contributed by atoms with E-state index in [2.05, 4.69) is 15.3 Å². The maximum atomic E-state index is 5.75. The van der Waals surface area contributed by atoms with Crippen molar-refractivity contribution < 1.29 is 9.47 Å². The molecule has 100 valence electrons. The Morgan fingerprint density at radius 3 is 2.68 bits per heavy atom. The highest BCUT2D eigenvalue weighted by Gasteiger charge is 2.06. The molecule has 2 rings (SSSR count). The summed E-state index contributed by atoms with van der Waals surface area (Å²) in [6.45, 7) is 1.06. The smallest absolute Gasteiger partial charge is 0.166 e. The van der Waals surface area contributed by atoms with Gasteiger partial charge in [0.05, 0.1) is 7.11 Å². The molecule has 2 aromatic rings. The first-order valence-corrected chi connectivity index (χ1v) is 6.03. The molecule has 0 unspecified atom stereocenters. The first-order chi connectivity index (χ1) is 9.33. The van der Waals surface area contributed by atoms with Gasteiger partial charge in [-0.3, -0.25) is 0 Å². The Balaban J connectivity index is 2.10. The van der Waals surface area contributed by atoms with Crippen molar-refractivity contribution in [3.8, 4) is 11.5 Å². The maximum Gasteiger partial charge on any atom is 0.166 e. The Hall–Kier alpha value is -2.14. The largest absolute Gasteiger partial charge is 0.497 e. The van der Waals surface area contributed by atoms with Crippen molar-refractivity contribution in [3.05, 3.63) is 48.0 Å². The maximum absolute atomic E-state index is 5.75. The SMILES string of the molecule is CNCc1cc(OC)ccc1OCc1ncccn1. The van der Waals surface area contributed by atoms with Crippen molar-refractivity contribution in [3.63, 3.8) is 0 Å². The van der Waals surface area contributed by atoms with E-state index in [1.807, 2.05) is 25.2 Å². The first-order valence-electron chi connectivity index (χ1n) is 6.03. The van der Waals surface area contributed by atoms with Crippen LogP contribution in [0, 0.1) is 0 Å². The van der Waals surface area contributed by atoms with Gasteiger partial charge in [-0.15, -0.1) is 0 Å². The summed E-state index contributed by atoms with van der Waals surface area (Å²) in [7, 11) is 3.54. The molecule has 0 aliphatic carbocycles. The third kappa shape index (κ3) is 3.66. The van der Waals surface area contributed by atoms with Crippen LogP contribution in [-0.4, -0.2) is 24.1 Å². The molecule has 0 amide bonds. The van der Waals surface area contributed by atoms with Gasteiger partial charge in [0.15, 0.2) is 5.82 Å². The molecule has 0 aliphatic rings. The molecule has 1 aromatic heterocycles. The van der Waals surface area contributed by atoms with Gasteiger partial charge in [-0.25, -0.2) is 9.97 Å². The second-order valence-corrected chi connectivity index (χ2v) is 3.96. The monoisotopic (exact) mass is 259 g/mol. The Labute approximate surface area is 112 Å². The summed E-state index contributed by atoms with van der Waals surface area (Å²) in [5, 5.41) is 3.11. The van der Waals surface area contributed by atoms with Gasteiger partial charge in [0.25, 0.3) is 0 Å². The first kappa shape index (κ1) is 13.3. The minimum absolute atomic E-state index is 0.351. The normalized spacial score (nSPS) is 10.2. The zero-order valence-corrected chi connectivity index (χ0v) is 11.1. The highest BCUT2D eigenvalue weighted by Crippen LogP contribution is 2.24. The lowest BCUT2D eigenvalue weighted by Crippen LogP contribution is -2.08. The Morgan fingerprint density at radius 2 is 2.00 bits per heavy atom. The van der Waals surface area contributed by atoms with Gasteiger partial charge >= 0.3 is 0 Å². The molecule has 0 saturated carbocycles. The van der Waals surface area contributed by atoms with E-state index in [0.29, 0.717) is 19.0 Å². The van der Waals surface area contributed by atoms with Crippen LogP contribution in [0.2, 0.25) is 0 Å². The number of benzene rings is 1. The lowest BCUT2D eigenvalue weighted by molar-refractivity contribution is 0.291. The van der Waals surface area contributed by atoms with Crippen molar-refractivity contribution in [2.24, 2.45) is 0 Å². The second kappa shape index (κ2) is 6.70. The summed E-state index contributed by atoms with van der Waals surface area (Å²) in [5.41, 5.74) is 1.04. The molecule has 1 heterocycles. The van der Waals surface area contributed by atoms with E-state index >= 15 is 0 Å². The molecule has 19 heavy (non-hydrogen) atoms. The zero-order valence-electron chi connectivity index (χ0n) is 11.1. The molecular weight excluding hydrogens is 242 g/mol. The van der Waals surface area contributed by atoms with Crippen LogP contribution in [0.5, 0.6) is 11.5 Å². The van der Waals surface area contributed by atoms with E-state index in [1.165, 1.54) is 0 Å². The molecule has 0 atom stereocenters. The molecule has 0 spiro atoms. The van der Waals surface area contributed by atoms with Gasteiger partial charge in [0, 0.05) is 24.5 Å². The number of rotatable bonds is 6. The van der Waals surface area contributed by atoms with Crippen LogP contribution in [0.3, 0.4) is 0 Å². The van der Waals surface area contributed by atoms with E-state index in [1.54, 1.807) is 25.6 Å². The van der Waals surface area contributed by atoms with Gasteiger partial charge in [-0.05, 0) is 31.3 Å². The third-order valence-corrected chi connectivity index (χ3v) is 2.61. The Morgan fingerprint density at radius 1 is 1.21 bits per heavy atom. The van der Waals surface area contributed by atoms with E-state index < -0.39 is 0 Å². The number of ether oxygens (including phenoxy) is 2.